The average Bonchev–Trinajstić information content (AvgIpc) is 3.22. The van der Waals surface area contributed by atoms with Crippen molar-refractivity contribution in [3.63, 3.8) is 0 Å². The molecule has 4 heterocycles. The van der Waals surface area contributed by atoms with Crippen LogP contribution < -0.4 is 0 Å². The molecule has 344 valence electrons. The van der Waals surface area contributed by atoms with Crippen molar-refractivity contribution in [1.29, 1.82) is 0 Å². The molecule has 4 aliphatic heterocycles. The van der Waals surface area contributed by atoms with Crippen molar-refractivity contribution in [1.82, 2.24) is 0 Å². The van der Waals surface area contributed by atoms with E-state index < -0.39 is 82.0 Å². The molecule has 0 bridgehead atoms. The van der Waals surface area contributed by atoms with Crippen LogP contribution in [0.5, 0.6) is 0 Å². The largest absolute Gasteiger partial charge is 0.480 e. The van der Waals surface area contributed by atoms with Gasteiger partial charge in [0.15, 0.2) is 0 Å². The molecule has 7 rings (SSSR count). The summed E-state index contributed by atoms with van der Waals surface area (Å²) in [6, 6.07) is 0. The van der Waals surface area contributed by atoms with E-state index in [1.165, 1.54) is 60.8 Å². The second kappa shape index (κ2) is 17.8. The summed E-state index contributed by atoms with van der Waals surface area (Å²) < 4.78 is 45.0. The highest BCUT2D eigenvalue weighted by Gasteiger charge is 2.57. The van der Waals surface area contributed by atoms with Crippen LogP contribution >= 0.6 is 0 Å². The smallest absolute Gasteiger partial charge is 0.348 e. The van der Waals surface area contributed by atoms with Gasteiger partial charge in [-0.2, -0.15) is 0 Å². The summed E-state index contributed by atoms with van der Waals surface area (Å²) in [7, 11) is 0. The quantitative estimate of drug-likeness (QED) is 0.0697. The first-order valence-corrected chi connectivity index (χ1v) is 22.1. The highest BCUT2D eigenvalue weighted by atomic mass is 16.8. The van der Waals surface area contributed by atoms with Crippen molar-refractivity contribution in [3.05, 3.63) is 94.9 Å². The number of carbonyl (C=O) groups is 6. The second-order valence-corrected chi connectivity index (χ2v) is 18.4. The van der Waals surface area contributed by atoms with Crippen LogP contribution in [0.2, 0.25) is 0 Å². The number of aliphatic hydroxyl groups excluding tert-OH is 2. The van der Waals surface area contributed by atoms with Crippen LogP contribution in [-0.2, 0) is 66.7 Å². The van der Waals surface area contributed by atoms with Crippen molar-refractivity contribution in [3.8, 4) is 0 Å². The Morgan fingerprint density at radius 2 is 0.688 bits per heavy atom. The topological polar surface area (TPSA) is 217 Å². The molecule has 0 aromatic heterocycles. The normalized spacial score (nSPS) is 34.7. The van der Waals surface area contributed by atoms with Gasteiger partial charge in [0.25, 0.3) is 35.0 Å². The van der Waals surface area contributed by atoms with Gasteiger partial charge in [-0.1, -0.05) is 77.0 Å². The molecule has 0 radical (unpaired) electrons. The molecule has 2 saturated heterocycles. The highest BCUT2D eigenvalue weighted by Crippen LogP contribution is 2.50. The molecule has 16 heteroatoms. The van der Waals surface area contributed by atoms with Gasteiger partial charge in [-0.3, -0.25) is 0 Å². The fourth-order valence-corrected chi connectivity index (χ4v) is 9.52. The first-order chi connectivity index (χ1) is 30.4. The Labute approximate surface area is 371 Å². The molecule has 0 amide bonds. The number of ether oxygens (including phenoxy) is 8. The number of hydrogen-bond acceptors (Lipinski definition) is 16. The van der Waals surface area contributed by atoms with Gasteiger partial charge in [-0.15, -0.1) is 0 Å². The predicted molar refractivity (Wildman–Crippen MR) is 223 cm³/mol. The molecule has 16 nitrogen and oxygen atoms in total. The summed E-state index contributed by atoms with van der Waals surface area (Å²) in [5, 5.41) is 21.1. The standard InChI is InChI=1S/C48H56O16/c1-5-17-43(3)19-23-45(24-20-43)57-35(49)31(36(50)58-45)13-9-7-11-15-33-39(53)61-47(62-40(33)54)27-29-48(30-28-47)63-41(55)34(42(56)64-48)16-12-8-10-14-32-37(51)59-46(60-38(32)52)25-21-44(4,18-6-2)22-26-46/h7-16,49,51H,5-6,17-30H2,1-4H3/b11-7+,12-8+,13-9+,14-10+,33-15?,34-16?. The lowest BCUT2D eigenvalue weighted by Crippen LogP contribution is -2.56. The van der Waals surface area contributed by atoms with Crippen LogP contribution in [0.25, 0.3) is 0 Å². The average molecular weight is 889 g/mol. The van der Waals surface area contributed by atoms with Gasteiger partial charge >= 0.3 is 35.8 Å². The molecule has 3 saturated carbocycles. The molecule has 2 N–H and O–H groups in total. The zero-order valence-electron chi connectivity index (χ0n) is 36.7. The first-order valence-electron chi connectivity index (χ1n) is 22.1. The van der Waals surface area contributed by atoms with Crippen LogP contribution in [0.1, 0.15) is 130 Å². The maximum absolute atomic E-state index is 13.0. The molecule has 7 aliphatic rings. The molecule has 0 aromatic carbocycles. The third-order valence-corrected chi connectivity index (χ3v) is 13.4. The number of carbonyl (C=O) groups excluding carboxylic acids is 6. The fourth-order valence-electron chi connectivity index (χ4n) is 9.52. The summed E-state index contributed by atoms with van der Waals surface area (Å²) in [6.45, 7) is 8.67. The van der Waals surface area contributed by atoms with E-state index in [4.69, 9.17) is 37.9 Å². The van der Waals surface area contributed by atoms with Gasteiger partial charge in [0.05, 0.1) is 0 Å². The molecule has 5 fully saturated rings. The molecular formula is C48H56O16. The Bertz CT molecular complexity index is 1990. The number of esters is 6. The SMILES string of the molecule is CCCC1(C)CCC2(CC1)OC(=O)C(/C=C/C=C/C=C1C(=O)OC3(CCC4(CC3)OC(=O)C(=C/C=C/C=C/C3=C(O)OC5(CCC(C)(CCC)CC5)OC3=O)C(=O)O4)OC1=O)=C(O)O2. The molecule has 64 heavy (non-hydrogen) atoms. The Morgan fingerprint density at radius 3 is 0.984 bits per heavy atom. The van der Waals surface area contributed by atoms with Gasteiger partial charge in [0, 0.05) is 51.4 Å². The number of rotatable bonds is 10. The summed E-state index contributed by atoms with van der Waals surface area (Å²) in [6.07, 6.45) is 22.0. The van der Waals surface area contributed by atoms with E-state index in [9.17, 15) is 39.0 Å². The van der Waals surface area contributed by atoms with Crippen LogP contribution in [0, 0.1) is 10.8 Å². The lowest BCUT2D eigenvalue weighted by molar-refractivity contribution is -0.291. The summed E-state index contributed by atoms with van der Waals surface area (Å²) in [5.74, 6) is -12.1. The lowest BCUT2D eigenvalue weighted by atomic mass is 9.71. The molecule has 0 unspecified atom stereocenters. The third kappa shape index (κ3) is 9.70. The molecule has 0 atom stereocenters. The van der Waals surface area contributed by atoms with Crippen molar-refractivity contribution in [2.45, 2.75) is 154 Å². The zero-order valence-corrected chi connectivity index (χ0v) is 36.7. The van der Waals surface area contributed by atoms with Gasteiger partial charge in [0.2, 0.25) is 0 Å². The van der Waals surface area contributed by atoms with Crippen molar-refractivity contribution in [2.75, 3.05) is 0 Å². The Kier molecular flexibility index (Phi) is 12.8. The zero-order chi connectivity index (χ0) is 46.0. The van der Waals surface area contributed by atoms with Crippen molar-refractivity contribution < 1.29 is 76.9 Å². The Morgan fingerprint density at radius 1 is 0.406 bits per heavy atom. The van der Waals surface area contributed by atoms with Gasteiger partial charge in [0.1, 0.15) is 22.3 Å². The molecule has 3 aliphatic carbocycles. The molecule has 4 spiro atoms. The van der Waals surface area contributed by atoms with Crippen LogP contribution in [0.15, 0.2) is 94.9 Å². The van der Waals surface area contributed by atoms with Crippen molar-refractivity contribution >= 4 is 35.8 Å². The molecule has 0 aromatic rings. The van der Waals surface area contributed by atoms with Gasteiger partial charge in [-0.25, -0.2) is 28.8 Å². The van der Waals surface area contributed by atoms with Crippen LogP contribution in [0.4, 0.5) is 0 Å². The minimum atomic E-state index is -1.67. The van der Waals surface area contributed by atoms with E-state index in [0.717, 1.165) is 51.4 Å². The van der Waals surface area contributed by atoms with Crippen LogP contribution in [-0.4, -0.2) is 69.2 Å². The Balaban J connectivity index is 0.880. The summed E-state index contributed by atoms with van der Waals surface area (Å²) >= 11 is 0. The van der Waals surface area contributed by atoms with E-state index in [1.807, 2.05) is 0 Å². The van der Waals surface area contributed by atoms with E-state index in [1.54, 1.807) is 0 Å². The minimum absolute atomic E-state index is 0.133. The maximum atomic E-state index is 13.0. The fraction of sp³-hybridized carbons (Fsp3) is 0.542. The van der Waals surface area contributed by atoms with E-state index in [0.29, 0.717) is 25.7 Å². The van der Waals surface area contributed by atoms with Gasteiger partial charge < -0.3 is 48.1 Å². The first kappa shape index (κ1) is 45.9. The third-order valence-electron chi connectivity index (χ3n) is 13.4. The highest BCUT2D eigenvalue weighted by molar-refractivity contribution is 6.16. The van der Waals surface area contributed by atoms with Crippen molar-refractivity contribution in [2.24, 2.45) is 10.8 Å². The molecular weight excluding hydrogens is 833 g/mol. The monoisotopic (exact) mass is 888 g/mol. The Hall–Kier alpha value is -6.06. The second-order valence-electron chi connectivity index (χ2n) is 18.4. The van der Waals surface area contributed by atoms with E-state index in [-0.39, 0.29) is 47.7 Å². The van der Waals surface area contributed by atoms with E-state index >= 15 is 0 Å². The number of aliphatic hydroxyl groups is 2. The van der Waals surface area contributed by atoms with Crippen LogP contribution in [0.3, 0.4) is 0 Å². The number of allylic oxidation sites excluding steroid dienone is 8. The maximum Gasteiger partial charge on any atom is 0.348 e. The summed E-state index contributed by atoms with van der Waals surface area (Å²) in [4.78, 5) is 77.6. The predicted octanol–water partition coefficient (Wildman–Crippen LogP) is 8.07. The van der Waals surface area contributed by atoms with E-state index in [2.05, 4.69) is 27.7 Å². The summed E-state index contributed by atoms with van der Waals surface area (Å²) in [5.41, 5.74) is -0.886. The van der Waals surface area contributed by atoms with Gasteiger partial charge in [-0.05, 0) is 73.7 Å². The number of hydrogen-bond donors (Lipinski definition) is 2. The lowest BCUT2D eigenvalue weighted by Gasteiger charge is -2.45. The minimum Gasteiger partial charge on any atom is -0.480 e.